The van der Waals surface area contributed by atoms with Gasteiger partial charge in [-0.15, -0.1) is 0 Å². The number of amides is 1. The Morgan fingerprint density at radius 3 is 2.78 bits per heavy atom. The van der Waals surface area contributed by atoms with Crippen LogP contribution in [0.1, 0.15) is 40.0 Å². The molecule has 1 aliphatic carbocycles. The molecule has 0 bridgehead atoms. The molecule has 7 heteroatoms. The van der Waals surface area contributed by atoms with Gasteiger partial charge in [-0.05, 0) is 55.7 Å². The first-order valence-corrected chi connectivity index (χ1v) is 10.8. The van der Waals surface area contributed by atoms with Crippen molar-refractivity contribution in [2.75, 3.05) is 12.8 Å². The van der Waals surface area contributed by atoms with Crippen molar-refractivity contribution in [3.63, 3.8) is 0 Å². The van der Waals surface area contributed by atoms with Gasteiger partial charge in [0.05, 0.1) is 6.10 Å². The molecule has 0 atom stereocenters. The summed E-state index contributed by atoms with van der Waals surface area (Å²) >= 11 is 6.18. The quantitative estimate of drug-likeness (QED) is 0.491. The maximum absolute atomic E-state index is 13.2. The normalized spacial score (nSPS) is 13.0. The number of rotatable bonds is 7. The Bertz CT molecular complexity index is 1190. The van der Waals surface area contributed by atoms with Crippen molar-refractivity contribution in [1.29, 1.82) is 5.41 Å². The van der Waals surface area contributed by atoms with Crippen molar-refractivity contribution >= 4 is 29.4 Å². The second-order valence-electron chi connectivity index (χ2n) is 8.04. The van der Waals surface area contributed by atoms with Crippen LogP contribution >= 0.6 is 11.6 Å². The summed E-state index contributed by atoms with van der Waals surface area (Å²) in [5, 5.41) is 8.21. The lowest BCUT2D eigenvalue weighted by Gasteiger charge is -2.20. The SMILES string of the molecule is Cc1ncc(CN(C)C(=O)c2ccc(-c3cccc(Cl)c3)c(OC3CC3)c2)c(N)c1C=N. The van der Waals surface area contributed by atoms with Gasteiger partial charge in [-0.2, -0.15) is 0 Å². The van der Waals surface area contributed by atoms with Crippen LogP contribution in [-0.4, -0.2) is 35.2 Å². The summed E-state index contributed by atoms with van der Waals surface area (Å²) in [6.45, 7) is 2.09. The first-order chi connectivity index (χ1) is 15.4. The predicted molar refractivity (Wildman–Crippen MR) is 128 cm³/mol. The second kappa shape index (κ2) is 9.01. The zero-order valence-electron chi connectivity index (χ0n) is 18.1. The zero-order chi connectivity index (χ0) is 22.8. The Morgan fingerprint density at radius 2 is 2.09 bits per heavy atom. The standard InChI is InChI=1S/C25H25ClN4O2/c1-15-22(12-27)24(28)18(13-29-15)14-30(2)25(31)17-6-9-21(16-4-3-5-19(26)10-16)23(11-17)32-20-7-8-20/h3-6,9-13,20,27H,7-8,14H2,1-2H3,(H2,28,29). The van der Waals surface area contributed by atoms with Crippen LogP contribution in [0.3, 0.4) is 0 Å². The average Bonchev–Trinajstić information content (AvgIpc) is 3.59. The number of nitrogen functional groups attached to an aromatic ring is 1. The van der Waals surface area contributed by atoms with Crippen LogP contribution in [0, 0.1) is 12.3 Å². The third-order valence-corrected chi connectivity index (χ3v) is 5.76. The van der Waals surface area contributed by atoms with Gasteiger partial charge in [-0.3, -0.25) is 9.78 Å². The molecule has 164 valence electrons. The van der Waals surface area contributed by atoms with E-state index in [9.17, 15) is 4.79 Å². The van der Waals surface area contributed by atoms with Crippen molar-refractivity contribution in [2.24, 2.45) is 0 Å². The number of aryl methyl sites for hydroxylation is 1. The molecule has 0 radical (unpaired) electrons. The number of aromatic nitrogens is 1. The van der Waals surface area contributed by atoms with E-state index >= 15 is 0 Å². The van der Waals surface area contributed by atoms with Crippen LogP contribution in [0.5, 0.6) is 5.75 Å². The molecule has 2 aromatic carbocycles. The molecular weight excluding hydrogens is 424 g/mol. The number of benzene rings is 2. The third kappa shape index (κ3) is 4.60. The van der Waals surface area contributed by atoms with Gasteiger partial charge in [0.1, 0.15) is 5.75 Å². The lowest BCUT2D eigenvalue weighted by atomic mass is 10.0. The van der Waals surface area contributed by atoms with Crippen LogP contribution < -0.4 is 10.5 Å². The zero-order valence-corrected chi connectivity index (χ0v) is 18.8. The molecule has 1 amide bonds. The molecule has 0 aliphatic heterocycles. The molecule has 1 saturated carbocycles. The molecule has 32 heavy (non-hydrogen) atoms. The molecule has 3 aromatic rings. The van der Waals surface area contributed by atoms with Crippen LogP contribution in [0.15, 0.2) is 48.7 Å². The number of carbonyl (C=O) groups is 1. The van der Waals surface area contributed by atoms with Crippen molar-refractivity contribution in [1.82, 2.24) is 9.88 Å². The summed E-state index contributed by atoms with van der Waals surface area (Å²) in [5.74, 6) is 0.524. The Balaban J connectivity index is 1.61. The fraction of sp³-hybridized carbons (Fsp3) is 0.240. The topological polar surface area (TPSA) is 92.3 Å². The minimum Gasteiger partial charge on any atom is -0.490 e. The van der Waals surface area contributed by atoms with Gasteiger partial charge in [-0.1, -0.05) is 23.7 Å². The van der Waals surface area contributed by atoms with Crippen LogP contribution in [-0.2, 0) is 6.54 Å². The summed E-state index contributed by atoms with van der Waals surface area (Å²) in [5.41, 5.74) is 11.0. The predicted octanol–water partition coefficient (Wildman–Crippen LogP) is 5.10. The van der Waals surface area contributed by atoms with E-state index in [-0.39, 0.29) is 18.6 Å². The molecule has 4 rings (SSSR count). The van der Waals surface area contributed by atoms with Crippen molar-refractivity contribution in [3.8, 4) is 16.9 Å². The fourth-order valence-electron chi connectivity index (χ4n) is 3.55. The van der Waals surface area contributed by atoms with E-state index in [1.54, 1.807) is 37.2 Å². The third-order valence-electron chi connectivity index (χ3n) is 5.52. The number of nitrogens with zero attached hydrogens (tertiary/aromatic N) is 2. The first kappa shape index (κ1) is 21.8. The van der Waals surface area contributed by atoms with Crippen LogP contribution in [0.2, 0.25) is 5.02 Å². The molecule has 0 unspecified atom stereocenters. The van der Waals surface area contributed by atoms with Gasteiger partial charge < -0.3 is 20.8 Å². The van der Waals surface area contributed by atoms with E-state index in [2.05, 4.69) is 4.98 Å². The Morgan fingerprint density at radius 1 is 1.31 bits per heavy atom. The molecule has 3 N–H and O–H groups in total. The van der Waals surface area contributed by atoms with Crippen molar-refractivity contribution in [3.05, 3.63) is 76.1 Å². The van der Waals surface area contributed by atoms with Crippen LogP contribution in [0.25, 0.3) is 11.1 Å². The minimum absolute atomic E-state index is 0.153. The molecule has 1 aromatic heterocycles. The van der Waals surface area contributed by atoms with Gasteiger partial charge in [0.15, 0.2) is 0 Å². The maximum Gasteiger partial charge on any atom is 0.254 e. The lowest BCUT2D eigenvalue weighted by molar-refractivity contribution is 0.0785. The summed E-state index contributed by atoms with van der Waals surface area (Å²) < 4.78 is 6.13. The number of carbonyl (C=O) groups excluding carboxylic acids is 1. The number of hydrogen-bond acceptors (Lipinski definition) is 5. The van der Waals surface area contributed by atoms with Gasteiger partial charge in [0.25, 0.3) is 5.91 Å². The molecular formula is C25H25ClN4O2. The highest BCUT2D eigenvalue weighted by atomic mass is 35.5. The highest BCUT2D eigenvalue weighted by Gasteiger charge is 2.26. The number of nitrogens with one attached hydrogen (secondary N) is 1. The van der Waals surface area contributed by atoms with Gasteiger partial charge in [-0.25, -0.2) is 0 Å². The second-order valence-corrected chi connectivity index (χ2v) is 8.48. The first-order valence-electron chi connectivity index (χ1n) is 10.4. The smallest absolute Gasteiger partial charge is 0.254 e. The number of ether oxygens (including phenoxy) is 1. The number of anilines is 1. The highest BCUT2D eigenvalue weighted by Crippen LogP contribution is 2.36. The maximum atomic E-state index is 13.2. The fourth-order valence-corrected chi connectivity index (χ4v) is 3.74. The number of halogens is 1. The molecule has 0 spiro atoms. The highest BCUT2D eigenvalue weighted by molar-refractivity contribution is 6.30. The van der Waals surface area contributed by atoms with E-state index in [0.717, 1.165) is 24.0 Å². The number of pyridine rings is 1. The summed E-state index contributed by atoms with van der Waals surface area (Å²) in [7, 11) is 1.72. The van der Waals surface area contributed by atoms with Crippen molar-refractivity contribution < 1.29 is 9.53 Å². The van der Waals surface area contributed by atoms with E-state index in [1.165, 1.54) is 6.21 Å². The van der Waals surface area contributed by atoms with E-state index in [0.29, 0.717) is 38.8 Å². The molecule has 1 heterocycles. The Labute approximate surface area is 192 Å². The molecule has 1 fully saturated rings. The average molecular weight is 449 g/mol. The minimum atomic E-state index is -0.153. The summed E-state index contributed by atoms with van der Waals surface area (Å²) in [6.07, 6.45) is 5.07. The van der Waals surface area contributed by atoms with Crippen molar-refractivity contribution in [2.45, 2.75) is 32.4 Å². The van der Waals surface area contributed by atoms with E-state index in [4.69, 9.17) is 27.5 Å². The van der Waals surface area contributed by atoms with Gasteiger partial charge in [0, 0.05) is 64.7 Å². The Kier molecular flexibility index (Phi) is 6.15. The number of hydrogen-bond donors (Lipinski definition) is 2. The number of nitrogens with two attached hydrogens (primary N) is 1. The van der Waals surface area contributed by atoms with E-state index in [1.807, 2.05) is 30.3 Å². The summed E-state index contributed by atoms with van der Waals surface area (Å²) in [4.78, 5) is 19.1. The van der Waals surface area contributed by atoms with Gasteiger partial charge in [0.2, 0.25) is 0 Å². The Hall–Kier alpha value is -3.38. The van der Waals surface area contributed by atoms with E-state index < -0.39 is 0 Å². The molecule has 1 aliphatic rings. The van der Waals surface area contributed by atoms with Crippen LogP contribution in [0.4, 0.5) is 5.69 Å². The van der Waals surface area contributed by atoms with Gasteiger partial charge >= 0.3 is 0 Å². The monoisotopic (exact) mass is 448 g/mol. The molecule has 6 nitrogen and oxygen atoms in total. The largest absolute Gasteiger partial charge is 0.490 e. The summed E-state index contributed by atoms with van der Waals surface area (Å²) in [6, 6.07) is 13.1. The lowest BCUT2D eigenvalue weighted by Crippen LogP contribution is -2.27. The molecule has 0 saturated heterocycles.